The van der Waals surface area contributed by atoms with E-state index < -0.39 is 5.91 Å². The number of anilines is 1. The number of hydrogen-bond donors (Lipinski definition) is 3. The van der Waals surface area contributed by atoms with E-state index in [2.05, 4.69) is 29.6 Å². The zero-order valence-corrected chi connectivity index (χ0v) is 11.8. The lowest BCUT2D eigenvalue weighted by Gasteiger charge is -2.38. The molecular weight excluding hydrogens is 258 g/mol. The Morgan fingerprint density at radius 3 is 3.00 bits per heavy atom. The van der Waals surface area contributed by atoms with E-state index in [1.165, 1.54) is 10.9 Å². The van der Waals surface area contributed by atoms with Crippen molar-refractivity contribution in [2.75, 3.05) is 11.9 Å². The Balaban J connectivity index is 2.00. The van der Waals surface area contributed by atoms with Crippen molar-refractivity contribution in [1.82, 2.24) is 15.1 Å². The fourth-order valence-corrected chi connectivity index (χ4v) is 2.55. The summed E-state index contributed by atoms with van der Waals surface area (Å²) in [5.74, 6) is -0.547. The van der Waals surface area contributed by atoms with Gasteiger partial charge in [0.05, 0.1) is 17.9 Å². The molecule has 0 spiro atoms. The zero-order chi connectivity index (χ0) is 14.8. The van der Waals surface area contributed by atoms with E-state index in [1.807, 2.05) is 0 Å². The van der Waals surface area contributed by atoms with Crippen LogP contribution in [-0.4, -0.2) is 34.2 Å². The van der Waals surface area contributed by atoms with Crippen molar-refractivity contribution in [1.29, 1.82) is 0 Å². The first-order valence-electron chi connectivity index (χ1n) is 6.73. The van der Waals surface area contributed by atoms with Crippen molar-refractivity contribution in [2.45, 2.75) is 39.3 Å². The van der Waals surface area contributed by atoms with E-state index in [9.17, 15) is 9.59 Å². The van der Waals surface area contributed by atoms with Gasteiger partial charge in [0.2, 0.25) is 11.8 Å². The minimum atomic E-state index is -0.471. The summed E-state index contributed by atoms with van der Waals surface area (Å²) in [4.78, 5) is 23.1. The van der Waals surface area contributed by atoms with Crippen LogP contribution in [0.4, 0.5) is 5.69 Å². The molecule has 1 aromatic heterocycles. The van der Waals surface area contributed by atoms with Crippen LogP contribution >= 0.6 is 0 Å². The van der Waals surface area contributed by atoms with E-state index in [4.69, 9.17) is 5.73 Å². The average molecular weight is 279 g/mol. The van der Waals surface area contributed by atoms with Crippen LogP contribution < -0.4 is 16.4 Å². The Labute approximate surface area is 117 Å². The molecule has 1 saturated heterocycles. The Hall–Kier alpha value is -1.89. The van der Waals surface area contributed by atoms with Crippen LogP contribution in [0.3, 0.4) is 0 Å². The maximum Gasteiger partial charge on any atom is 0.242 e. The Kier molecular flexibility index (Phi) is 4.08. The van der Waals surface area contributed by atoms with Gasteiger partial charge >= 0.3 is 0 Å². The van der Waals surface area contributed by atoms with Crippen LogP contribution in [0, 0.1) is 5.41 Å². The molecule has 1 aromatic rings. The number of nitrogens with zero attached hydrogens (tertiary/aromatic N) is 2. The van der Waals surface area contributed by atoms with Gasteiger partial charge in [-0.15, -0.1) is 0 Å². The van der Waals surface area contributed by atoms with Crippen LogP contribution in [0.2, 0.25) is 0 Å². The summed E-state index contributed by atoms with van der Waals surface area (Å²) < 4.78 is 1.40. The molecule has 1 aliphatic heterocycles. The van der Waals surface area contributed by atoms with E-state index in [0.29, 0.717) is 5.69 Å². The van der Waals surface area contributed by atoms with E-state index in [-0.39, 0.29) is 23.9 Å². The molecule has 0 aromatic carbocycles. The van der Waals surface area contributed by atoms with Crippen LogP contribution in [-0.2, 0) is 16.1 Å². The highest BCUT2D eigenvalue weighted by Gasteiger charge is 2.37. The lowest BCUT2D eigenvalue weighted by atomic mass is 9.77. The van der Waals surface area contributed by atoms with Gasteiger partial charge in [0.15, 0.2) is 0 Å². The van der Waals surface area contributed by atoms with Crippen molar-refractivity contribution in [3.63, 3.8) is 0 Å². The Morgan fingerprint density at radius 2 is 2.35 bits per heavy atom. The molecule has 2 rings (SSSR count). The molecule has 0 aliphatic carbocycles. The van der Waals surface area contributed by atoms with Gasteiger partial charge in [0.1, 0.15) is 6.54 Å². The van der Waals surface area contributed by atoms with Gasteiger partial charge in [0, 0.05) is 6.20 Å². The number of rotatable bonds is 4. The standard InChI is InChI=1S/C13H21N5O2/c1-13(2)4-3-5-15-11(13)12(20)17-9-6-16-18(7-9)8-10(14)19/h6-7,11,15H,3-5,8H2,1-2H3,(H2,14,19)(H,17,20). The minimum Gasteiger partial charge on any atom is -0.368 e. The van der Waals surface area contributed by atoms with Gasteiger partial charge in [-0.25, -0.2) is 0 Å². The number of carbonyl (C=O) groups is 2. The molecular formula is C13H21N5O2. The average Bonchev–Trinajstić information content (AvgIpc) is 2.74. The third-order valence-electron chi connectivity index (χ3n) is 3.61. The molecule has 1 unspecified atom stereocenters. The van der Waals surface area contributed by atoms with Gasteiger partial charge in [-0.3, -0.25) is 14.3 Å². The fourth-order valence-electron chi connectivity index (χ4n) is 2.55. The predicted octanol–water partition coefficient (Wildman–Crippen LogP) is 0.0851. The van der Waals surface area contributed by atoms with Crippen molar-refractivity contribution < 1.29 is 9.59 Å². The molecule has 110 valence electrons. The fraction of sp³-hybridized carbons (Fsp3) is 0.615. The number of primary amides is 1. The molecule has 0 saturated carbocycles. The lowest BCUT2D eigenvalue weighted by molar-refractivity contribution is -0.121. The van der Waals surface area contributed by atoms with E-state index in [1.54, 1.807) is 6.20 Å². The van der Waals surface area contributed by atoms with Gasteiger partial charge in [-0.1, -0.05) is 13.8 Å². The Bertz CT molecular complexity index is 509. The van der Waals surface area contributed by atoms with Crippen molar-refractivity contribution in [3.8, 4) is 0 Å². The zero-order valence-electron chi connectivity index (χ0n) is 11.8. The van der Waals surface area contributed by atoms with Crippen molar-refractivity contribution >= 4 is 17.5 Å². The van der Waals surface area contributed by atoms with Gasteiger partial charge in [-0.05, 0) is 24.8 Å². The summed E-state index contributed by atoms with van der Waals surface area (Å²) in [7, 11) is 0. The largest absolute Gasteiger partial charge is 0.368 e. The summed E-state index contributed by atoms with van der Waals surface area (Å²) in [6.45, 7) is 5.02. The molecule has 7 heteroatoms. The van der Waals surface area contributed by atoms with Crippen LogP contribution in [0.25, 0.3) is 0 Å². The summed E-state index contributed by atoms with van der Waals surface area (Å²) in [6.07, 6.45) is 5.20. The molecule has 2 amide bonds. The quantitative estimate of drug-likeness (QED) is 0.726. The highest BCUT2D eigenvalue weighted by atomic mass is 16.2. The molecule has 4 N–H and O–H groups in total. The van der Waals surface area contributed by atoms with Gasteiger partial charge in [0.25, 0.3) is 0 Å². The monoisotopic (exact) mass is 279 g/mol. The third-order valence-corrected chi connectivity index (χ3v) is 3.61. The number of carbonyl (C=O) groups excluding carboxylic acids is 2. The molecule has 1 fully saturated rings. The lowest BCUT2D eigenvalue weighted by Crippen LogP contribution is -2.53. The number of piperidine rings is 1. The topological polar surface area (TPSA) is 102 Å². The highest BCUT2D eigenvalue weighted by Crippen LogP contribution is 2.30. The highest BCUT2D eigenvalue weighted by molar-refractivity contribution is 5.95. The number of aromatic nitrogens is 2. The number of nitrogens with one attached hydrogen (secondary N) is 2. The van der Waals surface area contributed by atoms with Gasteiger partial charge < -0.3 is 16.4 Å². The molecule has 0 bridgehead atoms. The second kappa shape index (κ2) is 5.62. The van der Waals surface area contributed by atoms with Crippen molar-refractivity contribution in [2.24, 2.45) is 11.1 Å². The summed E-state index contributed by atoms with van der Waals surface area (Å²) in [5.41, 5.74) is 5.58. The predicted molar refractivity (Wildman–Crippen MR) is 74.9 cm³/mol. The first-order valence-corrected chi connectivity index (χ1v) is 6.73. The SMILES string of the molecule is CC1(C)CCCNC1C(=O)Nc1cnn(CC(N)=O)c1. The van der Waals surface area contributed by atoms with Gasteiger partial charge in [-0.2, -0.15) is 5.10 Å². The molecule has 0 radical (unpaired) electrons. The second-order valence-electron chi connectivity index (χ2n) is 5.86. The summed E-state index contributed by atoms with van der Waals surface area (Å²) >= 11 is 0. The number of hydrogen-bond acceptors (Lipinski definition) is 4. The summed E-state index contributed by atoms with van der Waals surface area (Å²) in [6, 6.07) is -0.226. The van der Waals surface area contributed by atoms with Crippen LogP contribution in [0.15, 0.2) is 12.4 Å². The Morgan fingerprint density at radius 1 is 1.60 bits per heavy atom. The van der Waals surface area contributed by atoms with Crippen LogP contribution in [0.5, 0.6) is 0 Å². The molecule has 1 aliphatic rings. The van der Waals surface area contributed by atoms with Crippen LogP contribution in [0.1, 0.15) is 26.7 Å². The van der Waals surface area contributed by atoms with Crippen molar-refractivity contribution in [3.05, 3.63) is 12.4 Å². The smallest absolute Gasteiger partial charge is 0.242 e. The first kappa shape index (κ1) is 14.5. The second-order valence-corrected chi connectivity index (χ2v) is 5.86. The number of nitrogens with two attached hydrogens (primary N) is 1. The molecule has 20 heavy (non-hydrogen) atoms. The maximum atomic E-state index is 12.3. The molecule has 7 nitrogen and oxygen atoms in total. The van der Waals surface area contributed by atoms with E-state index >= 15 is 0 Å². The summed E-state index contributed by atoms with van der Waals surface area (Å²) in [5, 5.41) is 10.1. The minimum absolute atomic E-state index is 0.00302. The number of amides is 2. The molecule has 1 atom stereocenters. The molecule has 2 heterocycles. The maximum absolute atomic E-state index is 12.3. The first-order chi connectivity index (χ1) is 9.38. The third kappa shape index (κ3) is 3.36. The normalized spacial score (nSPS) is 21.4. The van der Waals surface area contributed by atoms with E-state index in [0.717, 1.165) is 19.4 Å².